The highest BCUT2D eigenvalue weighted by Gasteiger charge is 2.08. The number of nitrogens with one attached hydrogen (secondary N) is 1. The molecule has 1 N–H and O–H groups in total. The van der Waals surface area contributed by atoms with E-state index in [0.717, 1.165) is 21.8 Å². The molecular formula is C14H15BrClNOS. The topological polar surface area (TPSA) is 21.3 Å². The summed E-state index contributed by atoms with van der Waals surface area (Å²) in [4.78, 5) is 1.24. The van der Waals surface area contributed by atoms with E-state index in [4.69, 9.17) is 16.3 Å². The van der Waals surface area contributed by atoms with Crippen molar-refractivity contribution in [2.75, 3.05) is 7.11 Å². The average molecular weight is 361 g/mol. The fourth-order valence-electron chi connectivity index (χ4n) is 1.77. The van der Waals surface area contributed by atoms with Crippen LogP contribution in [0, 0.1) is 0 Å². The molecule has 102 valence electrons. The zero-order chi connectivity index (χ0) is 13.8. The zero-order valence-electron chi connectivity index (χ0n) is 10.7. The van der Waals surface area contributed by atoms with Crippen molar-refractivity contribution >= 4 is 38.9 Å². The monoisotopic (exact) mass is 359 g/mol. The first-order valence-electron chi connectivity index (χ1n) is 5.90. The van der Waals surface area contributed by atoms with E-state index in [9.17, 15) is 0 Å². The lowest BCUT2D eigenvalue weighted by Gasteiger charge is -2.15. The summed E-state index contributed by atoms with van der Waals surface area (Å²) in [5.74, 6) is 0.848. The van der Waals surface area contributed by atoms with Gasteiger partial charge in [0.15, 0.2) is 0 Å². The Morgan fingerprint density at radius 2 is 2.21 bits per heavy atom. The fourth-order valence-corrected chi connectivity index (χ4v) is 3.35. The van der Waals surface area contributed by atoms with Gasteiger partial charge in [0.25, 0.3) is 0 Å². The van der Waals surface area contributed by atoms with Crippen LogP contribution in [0.1, 0.15) is 23.4 Å². The molecule has 5 heteroatoms. The highest BCUT2D eigenvalue weighted by atomic mass is 79.9. The van der Waals surface area contributed by atoms with Crippen LogP contribution in [0.5, 0.6) is 5.75 Å². The molecule has 0 spiro atoms. The van der Waals surface area contributed by atoms with Crippen molar-refractivity contribution in [2.45, 2.75) is 19.5 Å². The number of thiophene rings is 1. The van der Waals surface area contributed by atoms with Crippen LogP contribution in [-0.4, -0.2) is 7.11 Å². The molecule has 2 rings (SSSR count). The molecule has 0 bridgehead atoms. The smallest absolute Gasteiger partial charge is 0.133 e. The first-order chi connectivity index (χ1) is 9.10. The molecule has 0 saturated carbocycles. The van der Waals surface area contributed by atoms with Crippen LogP contribution < -0.4 is 10.1 Å². The van der Waals surface area contributed by atoms with Gasteiger partial charge < -0.3 is 10.1 Å². The molecule has 0 amide bonds. The van der Waals surface area contributed by atoms with Gasteiger partial charge in [-0.3, -0.25) is 0 Å². The number of rotatable bonds is 5. The summed E-state index contributed by atoms with van der Waals surface area (Å²) in [6.45, 7) is 2.96. The summed E-state index contributed by atoms with van der Waals surface area (Å²) >= 11 is 11.1. The van der Waals surface area contributed by atoms with Crippen molar-refractivity contribution in [3.63, 3.8) is 0 Å². The van der Waals surface area contributed by atoms with E-state index >= 15 is 0 Å². The van der Waals surface area contributed by atoms with Gasteiger partial charge in [-0.1, -0.05) is 17.7 Å². The fraction of sp³-hybridized carbons (Fsp3) is 0.286. The van der Waals surface area contributed by atoms with Gasteiger partial charge in [0.2, 0.25) is 0 Å². The van der Waals surface area contributed by atoms with Crippen LogP contribution in [0.3, 0.4) is 0 Å². The summed E-state index contributed by atoms with van der Waals surface area (Å²) in [6.07, 6.45) is 0. The Bertz CT molecular complexity index is 558. The standard InChI is InChI=1S/C14H15BrClNOS/c1-9(17-7-12-6-11(16)8-19-12)10-3-4-14(18-2)13(15)5-10/h3-6,8-9,17H,7H2,1-2H3. The molecule has 0 saturated heterocycles. The minimum Gasteiger partial charge on any atom is -0.496 e. The molecule has 2 nitrogen and oxygen atoms in total. The molecule has 0 aliphatic carbocycles. The van der Waals surface area contributed by atoms with Crippen LogP contribution >= 0.6 is 38.9 Å². The first kappa shape index (κ1) is 14.9. The Morgan fingerprint density at radius 1 is 1.42 bits per heavy atom. The Kier molecular flexibility index (Phi) is 5.28. The molecule has 0 fully saturated rings. The molecule has 0 aliphatic rings. The molecular weight excluding hydrogens is 346 g/mol. The second-order valence-corrected chi connectivity index (χ2v) is 6.51. The highest BCUT2D eigenvalue weighted by molar-refractivity contribution is 9.10. The second kappa shape index (κ2) is 6.75. The Labute approximate surface area is 130 Å². The SMILES string of the molecule is COc1ccc(C(C)NCc2cc(Cl)cs2)cc1Br. The minimum absolute atomic E-state index is 0.267. The van der Waals surface area contributed by atoms with Gasteiger partial charge in [0, 0.05) is 22.8 Å². The maximum Gasteiger partial charge on any atom is 0.133 e. The molecule has 1 unspecified atom stereocenters. The van der Waals surface area contributed by atoms with Gasteiger partial charge in [0.1, 0.15) is 5.75 Å². The van der Waals surface area contributed by atoms with Crippen molar-refractivity contribution in [1.82, 2.24) is 5.32 Å². The van der Waals surface area contributed by atoms with E-state index < -0.39 is 0 Å². The number of ether oxygens (including phenoxy) is 1. The van der Waals surface area contributed by atoms with Crippen LogP contribution in [0.4, 0.5) is 0 Å². The summed E-state index contributed by atoms with van der Waals surface area (Å²) < 4.78 is 6.20. The van der Waals surface area contributed by atoms with Crippen LogP contribution in [0.2, 0.25) is 5.02 Å². The largest absolute Gasteiger partial charge is 0.496 e. The molecule has 1 heterocycles. The molecule has 1 aromatic heterocycles. The number of hydrogen-bond donors (Lipinski definition) is 1. The minimum atomic E-state index is 0.267. The summed E-state index contributed by atoms with van der Waals surface area (Å²) in [5, 5.41) is 6.24. The van der Waals surface area contributed by atoms with Gasteiger partial charge in [-0.05, 0) is 46.6 Å². The second-order valence-electron chi connectivity index (χ2n) is 4.23. The third-order valence-electron chi connectivity index (χ3n) is 2.88. The van der Waals surface area contributed by atoms with E-state index in [1.807, 2.05) is 17.5 Å². The van der Waals surface area contributed by atoms with Crippen molar-refractivity contribution in [3.8, 4) is 5.75 Å². The maximum atomic E-state index is 5.91. The normalized spacial score (nSPS) is 12.4. The quantitative estimate of drug-likeness (QED) is 0.808. The summed E-state index contributed by atoms with van der Waals surface area (Å²) in [6, 6.07) is 8.39. The van der Waals surface area contributed by atoms with Gasteiger partial charge in [0.05, 0.1) is 16.6 Å². The lowest BCUT2D eigenvalue weighted by atomic mass is 10.1. The van der Waals surface area contributed by atoms with E-state index in [1.54, 1.807) is 18.4 Å². The van der Waals surface area contributed by atoms with Crippen LogP contribution in [0.25, 0.3) is 0 Å². The van der Waals surface area contributed by atoms with Gasteiger partial charge in [-0.15, -0.1) is 11.3 Å². The first-order valence-corrected chi connectivity index (χ1v) is 7.95. The number of hydrogen-bond acceptors (Lipinski definition) is 3. The predicted octanol–water partition coefficient (Wildman–Crippen LogP) is 5.02. The van der Waals surface area contributed by atoms with E-state index in [2.05, 4.69) is 40.3 Å². The average Bonchev–Trinajstić information content (AvgIpc) is 2.81. The molecule has 19 heavy (non-hydrogen) atoms. The van der Waals surface area contributed by atoms with E-state index in [0.29, 0.717) is 0 Å². The van der Waals surface area contributed by atoms with Gasteiger partial charge in [-0.25, -0.2) is 0 Å². The number of halogens is 2. The summed E-state index contributed by atoms with van der Waals surface area (Å²) in [7, 11) is 1.67. The van der Waals surface area contributed by atoms with Gasteiger partial charge in [-0.2, -0.15) is 0 Å². The number of benzene rings is 1. The van der Waals surface area contributed by atoms with Crippen molar-refractivity contribution in [3.05, 3.63) is 49.6 Å². The van der Waals surface area contributed by atoms with Crippen molar-refractivity contribution in [1.29, 1.82) is 0 Å². The van der Waals surface area contributed by atoms with Crippen molar-refractivity contribution in [2.24, 2.45) is 0 Å². The van der Waals surface area contributed by atoms with E-state index in [-0.39, 0.29) is 6.04 Å². The lowest BCUT2D eigenvalue weighted by molar-refractivity contribution is 0.411. The zero-order valence-corrected chi connectivity index (χ0v) is 13.9. The molecule has 0 radical (unpaired) electrons. The van der Waals surface area contributed by atoms with Crippen LogP contribution in [0.15, 0.2) is 34.1 Å². The number of methoxy groups -OCH3 is 1. The lowest BCUT2D eigenvalue weighted by Crippen LogP contribution is -2.17. The van der Waals surface area contributed by atoms with Crippen molar-refractivity contribution < 1.29 is 4.74 Å². The van der Waals surface area contributed by atoms with Crippen LogP contribution in [-0.2, 0) is 6.54 Å². The summed E-state index contributed by atoms with van der Waals surface area (Å²) in [5.41, 5.74) is 1.22. The predicted molar refractivity (Wildman–Crippen MR) is 85.3 cm³/mol. The molecule has 0 aliphatic heterocycles. The third-order valence-corrected chi connectivity index (χ3v) is 4.78. The molecule has 1 atom stereocenters. The van der Waals surface area contributed by atoms with Gasteiger partial charge >= 0.3 is 0 Å². The Morgan fingerprint density at radius 3 is 2.79 bits per heavy atom. The third kappa shape index (κ3) is 3.96. The Hall–Kier alpha value is -0.550. The molecule has 1 aromatic carbocycles. The highest BCUT2D eigenvalue weighted by Crippen LogP contribution is 2.28. The molecule has 2 aromatic rings. The van der Waals surface area contributed by atoms with E-state index in [1.165, 1.54) is 10.4 Å². The maximum absolute atomic E-state index is 5.91. The Balaban J connectivity index is 1.99.